The summed E-state index contributed by atoms with van der Waals surface area (Å²) in [5.74, 6) is 0.795. The van der Waals surface area contributed by atoms with E-state index in [-0.39, 0.29) is 0 Å². The first kappa shape index (κ1) is 8.10. The number of fused-ring (bicyclic) bond motifs is 1. The van der Waals surface area contributed by atoms with Gasteiger partial charge in [-0.2, -0.15) is 0 Å². The molecule has 14 heavy (non-hydrogen) atoms. The Morgan fingerprint density at radius 3 is 2.93 bits per heavy atom. The first-order chi connectivity index (χ1) is 6.86. The van der Waals surface area contributed by atoms with Crippen molar-refractivity contribution in [2.75, 3.05) is 0 Å². The maximum Gasteiger partial charge on any atom is 0.136 e. The molecule has 2 aromatic rings. The SMILES string of the molecule is [B]Cc1cn2cc(C3CC3)ccc2n1. The van der Waals surface area contributed by atoms with Crippen molar-refractivity contribution in [2.24, 2.45) is 0 Å². The fourth-order valence-corrected chi connectivity index (χ4v) is 1.82. The van der Waals surface area contributed by atoms with Gasteiger partial charge in [0.05, 0.1) is 13.5 Å². The summed E-state index contributed by atoms with van der Waals surface area (Å²) in [6, 6.07) is 4.26. The molecular weight excluding hydrogens is 171 g/mol. The van der Waals surface area contributed by atoms with Crippen LogP contribution in [0.25, 0.3) is 5.65 Å². The Kier molecular flexibility index (Phi) is 1.66. The van der Waals surface area contributed by atoms with Crippen molar-refractivity contribution in [3.63, 3.8) is 0 Å². The second-order valence-corrected chi connectivity index (χ2v) is 3.94. The van der Waals surface area contributed by atoms with E-state index in [0.29, 0.717) is 6.32 Å². The third kappa shape index (κ3) is 1.24. The number of hydrogen-bond donors (Lipinski definition) is 0. The summed E-state index contributed by atoms with van der Waals surface area (Å²) in [5.41, 5.74) is 3.38. The molecule has 1 aliphatic carbocycles. The summed E-state index contributed by atoms with van der Waals surface area (Å²) in [7, 11) is 5.55. The van der Waals surface area contributed by atoms with Crippen molar-refractivity contribution < 1.29 is 0 Å². The summed E-state index contributed by atoms with van der Waals surface area (Å²) in [4.78, 5) is 4.39. The minimum absolute atomic E-state index is 0.514. The van der Waals surface area contributed by atoms with Crippen molar-refractivity contribution >= 4 is 13.5 Å². The average molecular weight is 182 g/mol. The van der Waals surface area contributed by atoms with Gasteiger partial charge in [0.15, 0.2) is 0 Å². The smallest absolute Gasteiger partial charge is 0.136 e. The van der Waals surface area contributed by atoms with E-state index in [2.05, 4.69) is 27.7 Å². The lowest BCUT2D eigenvalue weighted by Gasteiger charge is -1.98. The van der Waals surface area contributed by atoms with Crippen LogP contribution < -0.4 is 0 Å². The number of rotatable bonds is 2. The lowest BCUT2D eigenvalue weighted by atomic mass is 10.0. The zero-order valence-electron chi connectivity index (χ0n) is 7.98. The fourth-order valence-electron chi connectivity index (χ4n) is 1.82. The molecule has 2 radical (unpaired) electrons. The summed E-state index contributed by atoms with van der Waals surface area (Å²) in [6.45, 7) is 0. The molecule has 1 saturated carbocycles. The molecule has 3 heteroatoms. The minimum atomic E-state index is 0.514. The second kappa shape index (κ2) is 2.87. The van der Waals surface area contributed by atoms with Crippen LogP contribution in [0.15, 0.2) is 24.5 Å². The highest BCUT2D eigenvalue weighted by atomic mass is 15.0. The van der Waals surface area contributed by atoms with Gasteiger partial charge in [-0.05, 0) is 36.7 Å². The molecule has 0 bridgehead atoms. The van der Waals surface area contributed by atoms with Crippen LogP contribution in [0.2, 0.25) is 0 Å². The number of nitrogens with zero attached hydrogens (tertiary/aromatic N) is 2. The third-order valence-electron chi connectivity index (χ3n) is 2.78. The van der Waals surface area contributed by atoms with E-state index in [1.807, 2.05) is 6.20 Å². The molecule has 0 atom stereocenters. The Morgan fingerprint density at radius 2 is 2.21 bits per heavy atom. The van der Waals surface area contributed by atoms with Crippen LogP contribution in [0, 0.1) is 0 Å². The Labute approximate surface area is 84.4 Å². The van der Waals surface area contributed by atoms with Gasteiger partial charge < -0.3 is 4.40 Å². The van der Waals surface area contributed by atoms with Crippen LogP contribution in [-0.2, 0) is 6.32 Å². The van der Waals surface area contributed by atoms with Crippen LogP contribution in [0.4, 0.5) is 0 Å². The van der Waals surface area contributed by atoms with Gasteiger partial charge in [-0.25, -0.2) is 4.98 Å². The summed E-state index contributed by atoms with van der Waals surface area (Å²) in [5, 5.41) is 0. The third-order valence-corrected chi connectivity index (χ3v) is 2.78. The molecule has 2 nitrogen and oxygen atoms in total. The second-order valence-electron chi connectivity index (χ2n) is 3.94. The minimum Gasteiger partial charge on any atom is -0.307 e. The van der Waals surface area contributed by atoms with E-state index in [0.717, 1.165) is 17.3 Å². The first-order valence-electron chi connectivity index (χ1n) is 5.04. The lowest BCUT2D eigenvalue weighted by molar-refractivity contribution is 1.06. The van der Waals surface area contributed by atoms with Crippen LogP contribution in [0.5, 0.6) is 0 Å². The molecule has 0 N–H and O–H groups in total. The Balaban J connectivity index is 2.12. The standard InChI is InChI=1S/C11H11BN2/c12-5-10-7-14-6-9(8-1-2-8)3-4-11(14)13-10/h3-4,6-8H,1-2,5H2. The van der Waals surface area contributed by atoms with E-state index in [1.165, 1.54) is 18.4 Å². The van der Waals surface area contributed by atoms with E-state index in [9.17, 15) is 0 Å². The highest BCUT2D eigenvalue weighted by molar-refractivity contribution is 6.08. The maximum atomic E-state index is 5.55. The van der Waals surface area contributed by atoms with E-state index in [4.69, 9.17) is 7.85 Å². The number of pyridine rings is 1. The molecule has 0 amide bonds. The van der Waals surface area contributed by atoms with Crippen molar-refractivity contribution in [3.05, 3.63) is 35.8 Å². The van der Waals surface area contributed by atoms with Crippen LogP contribution >= 0.6 is 0 Å². The van der Waals surface area contributed by atoms with Crippen LogP contribution in [0.1, 0.15) is 30.0 Å². The Bertz CT molecular complexity index is 471. The number of hydrogen-bond acceptors (Lipinski definition) is 1. The van der Waals surface area contributed by atoms with Crippen LogP contribution in [-0.4, -0.2) is 17.2 Å². The van der Waals surface area contributed by atoms with Crippen LogP contribution in [0.3, 0.4) is 0 Å². The van der Waals surface area contributed by atoms with Crippen molar-refractivity contribution in [1.82, 2.24) is 9.38 Å². The zero-order valence-corrected chi connectivity index (χ0v) is 7.98. The molecule has 0 saturated heterocycles. The van der Waals surface area contributed by atoms with Gasteiger partial charge in [0, 0.05) is 12.4 Å². The molecule has 1 aliphatic rings. The molecule has 2 heterocycles. The topological polar surface area (TPSA) is 17.3 Å². The molecule has 3 rings (SSSR count). The van der Waals surface area contributed by atoms with Crippen molar-refractivity contribution in [3.8, 4) is 0 Å². The summed E-state index contributed by atoms with van der Waals surface area (Å²) in [6.07, 6.45) is 7.38. The largest absolute Gasteiger partial charge is 0.307 e. The normalized spacial score (nSPS) is 16.3. The van der Waals surface area contributed by atoms with Crippen molar-refractivity contribution in [2.45, 2.75) is 25.1 Å². The molecule has 0 spiro atoms. The quantitative estimate of drug-likeness (QED) is 0.648. The molecule has 68 valence electrons. The van der Waals surface area contributed by atoms with Gasteiger partial charge in [-0.15, -0.1) is 0 Å². The average Bonchev–Trinajstić information content (AvgIpc) is 2.97. The molecule has 0 unspecified atom stereocenters. The van der Waals surface area contributed by atoms with Crippen molar-refractivity contribution in [1.29, 1.82) is 0 Å². The molecular formula is C11H11BN2. The van der Waals surface area contributed by atoms with Gasteiger partial charge in [0.2, 0.25) is 0 Å². The summed E-state index contributed by atoms with van der Waals surface area (Å²) >= 11 is 0. The summed E-state index contributed by atoms with van der Waals surface area (Å²) < 4.78 is 2.08. The number of aromatic nitrogens is 2. The van der Waals surface area contributed by atoms with Gasteiger partial charge in [0.1, 0.15) is 5.65 Å². The molecule has 1 fully saturated rings. The van der Waals surface area contributed by atoms with E-state index < -0.39 is 0 Å². The lowest BCUT2D eigenvalue weighted by Crippen LogP contribution is -1.86. The Hall–Kier alpha value is -1.25. The monoisotopic (exact) mass is 182 g/mol. The predicted octanol–water partition coefficient (Wildman–Crippen LogP) is 1.88. The highest BCUT2D eigenvalue weighted by Crippen LogP contribution is 2.39. The maximum absolute atomic E-state index is 5.55. The van der Waals surface area contributed by atoms with Gasteiger partial charge in [0.25, 0.3) is 0 Å². The molecule has 0 aromatic carbocycles. The van der Waals surface area contributed by atoms with Gasteiger partial charge in [-0.3, -0.25) is 0 Å². The fraction of sp³-hybridized carbons (Fsp3) is 0.364. The Morgan fingerprint density at radius 1 is 1.36 bits per heavy atom. The van der Waals surface area contributed by atoms with E-state index in [1.54, 1.807) is 0 Å². The predicted molar refractivity (Wildman–Crippen MR) is 56.6 cm³/mol. The molecule has 0 aliphatic heterocycles. The highest BCUT2D eigenvalue weighted by Gasteiger charge is 2.23. The number of imidazole rings is 1. The van der Waals surface area contributed by atoms with E-state index >= 15 is 0 Å². The van der Waals surface area contributed by atoms with Gasteiger partial charge in [-0.1, -0.05) is 6.07 Å². The van der Waals surface area contributed by atoms with Gasteiger partial charge >= 0.3 is 0 Å². The zero-order chi connectivity index (χ0) is 9.54. The first-order valence-corrected chi connectivity index (χ1v) is 5.04. The molecule has 2 aromatic heterocycles.